The van der Waals surface area contributed by atoms with E-state index in [4.69, 9.17) is 0 Å². The summed E-state index contributed by atoms with van der Waals surface area (Å²) < 4.78 is 14.9. The Morgan fingerprint density at radius 1 is 1.19 bits per heavy atom. The van der Waals surface area contributed by atoms with E-state index < -0.39 is 5.92 Å². The quantitative estimate of drug-likeness (QED) is 0.497. The normalized spacial score (nSPS) is 17.1. The zero-order valence-corrected chi connectivity index (χ0v) is 18.1. The van der Waals surface area contributed by atoms with E-state index in [1.165, 1.54) is 23.5 Å². The fraction of sp³-hybridized carbons (Fsp3) is 0.217. The van der Waals surface area contributed by atoms with Gasteiger partial charge in [0.1, 0.15) is 5.82 Å². The van der Waals surface area contributed by atoms with Crippen LogP contribution in [0.4, 0.5) is 10.3 Å². The van der Waals surface area contributed by atoms with Crippen molar-refractivity contribution in [3.63, 3.8) is 0 Å². The number of halogens is 1. The molecule has 1 saturated heterocycles. The molecule has 3 heterocycles. The Hall–Kier alpha value is -3.59. The van der Waals surface area contributed by atoms with Gasteiger partial charge in [0.25, 0.3) is 0 Å². The van der Waals surface area contributed by atoms with E-state index in [9.17, 15) is 14.0 Å². The molecule has 2 atom stereocenters. The van der Waals surface area contributed by atoms with E-state index in [1.807, 2.05) is 42.6 Å². The summed E-state index contributed by atoms with van der Waals surface area (Å²) in [6.45, 7) is 2.32. The van der Waals surface area contributed by atoms with Crippen molar-refractivity contribution in [3.8, 4) is 11.3 Å². The highest BCUT2D eigenvalue weighted by Crippen LogP contribution is 2.30. The van der Waals surface area contributed by atoms with Crippen LogP contribution in [0, 0.1) is 11.7 Å². The Balaban J connectivity index is 1.30. The number of benzene rings is 2. The minimum Gasteiger partial charge on any atom is -0.335 e. The minimum absolute atomic E-state index is 0.0427. The molecular formula is C23H20FN5O2S. The van der Waals surface area contributed by atoms with Crippen LogP contribution in [-0.4, -0.2) is 37.9 Å². The molecule has 2 amide bonds. The first-order chi connectivity index (χ1) is 15.5. The first kappa shape index (κ1) is 20.3. The number of anilines is 1. The van der Waals surface area contributed by atoms with Gasteiger partial charge in [-0.3, -0.25) is 14.9 Å². The average Bonchev–Trinajstić information content (AvgIpc) is 3.49. The van der Waals surface area contributed by atoms with Crippen molar-refractivity contribution in [2.45, 2.75) is 19.4 Å². The third-order valence-electron chi connectivity index (χ3n) is 5.74. The van der Waals surface area contributed by atoms with Crippen molar-refractivity contribution < 1.29 is 14.0 Å². The van der Waals surface area contributed by atoms with Crippen LogP contribution in [0.25, 0.3) is 16.2 Å². The number of nitrogens with zero attached hydrogens (tertiary/aromatic N) is 4. The molecule has 162 valence electrons. The summed E-state index contributed by atoms with van der Waals surface area (Å²) in [5.41, 5.74) is 2.59. The fourth-order valence-electron chi connectivity index (χ4n) is 3.96. The van der Waals surface area contributed by atoms with Crippen molar-refractivity contribution in [3.05, 3.63) is 71.4 Å². The molecule has 0 spiro atoms. The lowest BCUT2D eigenvalue weighted by Gasteiger charge is -2.25. The fourth-order valence-corrected chi connectivity index (χ4v) is 4.79. The molecule has 0 radical (unpaired) electrons. The molecule has 7 nitrogen and oxygen atoms in total. The number of hydrogen-bond donors (Lipinski definition) is 1. The molecule has 0 aliphatic carbocycles. The zero-order chi connectivity index (χ0) is 22.2. The Morgan fingerprint density at radius 3 is 2.69 bits per heavy atom. The van der Waals surface area contributed by atoms with Gasteiger partial charge in [0, 0.05) is 23.9 Å². The molecule has 2 aromatic carbocycles. The molecule has 1 N–H and O–H groups in total. The van der Waals surface area contributed by atoms with E-state index in [1.54, 1.807) is 21.5 Å². The predicted octanol–water partition coefficient (Wildman–Crippen LogP) is 4.15. The van der Waals surface area contributed by atoms with Gasteiger partial charge in [-0.2, -0.15) is 4.98 Å². The molecular weight excluding hydrogens is 429 g/mol. The number of rotatable bonds is 5. The minimum atomic E-state index is -0.466. The summed E-state index contributed by atoms with van der Waals surface area (Å²) in [7, 11) is 0. The van der Waals surface area contributed by atoms with Crippen LogP contribution in [0.15, 0.2) is 60.0 Å². The Bertz CT molecular complexity index is 1280. The second-order valence-electron chi connectivity index (χ2n) is 7.78. The lowest BCUT2D eigenvalue weighted by atomic mass is 10.1. The van der Waals surface area contributed by atoms with Gasteiger partial charge < -0.3 is 4.90 Å². The third kappa shape index (κ3) is 3.75. The maximum absolute atomic E-state index is 13.2. The summed E-state index contributed by atoms with van der Waals surface area (Å²) in [6, 6.07) is 15.8. The molecule has 1 fully saturated rings. The van der Waals surface area contributed by atoms with Gasteiger partial charge in [-0.1, -0.05) is 30.3 Å². The van der Waals surface area contributed by atoms with Gasteiger partial charge >= 0.3 is 0 Å². The first-order valence-corrected chi connectivity index (χ1v) is 11.1. The molecule has 2 aromatic heterocycles. The molecule has 4 aromatic rings. The number of thiazole rings is 1. The molecule has 1 aliphatic rings. The molecule has 5 rings (SSSR count). The lowest BCUT2D eigenvalue weighted by Crippen LogP contribution is -2.30. The standard InChI is InChI=1S/C23H20FN5O2S/c1-14(15-5-3-2-4-6-15)28-12-17(11-20(28)30)21(31)25-22-26-23-29(27-22)19(13-32-23)16-7-9-18(24)10-8-16/h2-10,13-14,17H,11-12H2,1H3,(H,25,27,31). The van der Waals surface area contributed by atoms with Gasteiger partial charge in [0.2, 0.25) is 22.7 Å². The maximum atomic E-state index is 13.2. The van der Waals surface area contributed by atoms with Crippen LogP contribution in [0.3, 0.4) is 0 Å². The van der Waals surface area contributed by atoms with Gasteiger partial charge in [-0.25, -0.2) is 8.91 Å². The second kappa shape index (κ2) is 8.16. The molecule has 0 saturated carbocycles. The Labute approximate surface area is 187 Å². The lowest BCUT2D eigenvalue weighted by molar-refractivity contribution is -0.129. The number of aromatic nitrogens is 3. The van der Waals surface area contributed by atoms with Crippen LogP contribution in [0.2, 0.25) is 0 Å². The highest BCUT2D eigenvalue weighted by Gasteiger charge is 2.37. The van der Waals surface area contributed by atoms with Gasteiger partial charge in [-0.05, 0) is 36.8 Å². The van der Waals surface area contributed by atoms with Crippen LogP contribution in [0.1, 0.15) is 24.9 Å². The second-order valence-corrected chi connectivity index (χ2v) is 8.62. The van der Waals surface area contributed by atoms with Crippen LogP contribution in [-0.2, 0) is 9.59 Å². The summed E-state index contributed by atoms with van der Waals surface area (Å²) in [4.78, 5) is 32.1. The molecule has 0 bridgehead atoms. The van der Waals surface area contributed by atoms with E-state index in [2.05, 4.69) is 15.4 Å². The van der Waals surface area contributed by atoms with Crippen LogP contribution >= 0.6 is 11.3 Å². The van der Waals surface area contributed by atoms with Gasteiger partial charge in [0.15, 0.2) is 0 Å². The van der Waals surface area contributed by atoms with Gasteiger partial charge in [-0.15, -0.1) is 16.4 Å². The number of hydrogen-bond acceptors (Lipinski definition) is 5. The number of carbonyl (C=O) groups is 2. The van der Waals surface area contributed by atoms with Crippen molar-refractivity contribution in [1.29, 1.82) is 0 Å². The molecule has 32 heavy (non-hydrogen) atoms. The smallest absolute Gasteiger partial charge is 0.250 e. The van der Waals surface area contributed by atoms with Crippen molar-refractivity contribution >= 4 is 34.1 Å². The van der Waals surface area contributed by atoms with E-state index >= 15 is 0 Å². The summed E-state index contributed by atoms with van der Waals surface area (Å²) >= 11 is 1.38. The van der Waals surface area contributed by atoms with Crippen molar-refractivity contribution in [1.82, 2.24) is 19.5 Å². The number of fused-ring (bicyclic) bond motifs is 1. The van der Waals surface area contributed by atoms with Gasteiger partial charge in [0.05, 0.1) is 17.7 Å². The Kier molecular flexibility index (Phi) is 5.18. The van der Waals surface area contributed by atoms with E-state index in [0.29, 0.717) is 11.5 Å². The first-order valence-electron chi connectivity index (χ1n) is 10.2. The summed E-state index contributed by atoms with van der Waals surface area (Å²) in [5.74, 6) is -0.908. The number of nitrogens with one attached hydrogen (secondary N) is 1. The van der Waals surface area contributed by atoms with Crippen LogP contribution in [0.5, 0.6) is 0 Å². The average molecular weight is 450 g/mol. The highest BCUT2D eigenvalue weighted by atomic mass is 32.1. The van der Waals surface area contributed by atoms with Crippen LogP contribution < -0.4 is 5.32 Å². The number of amides is 2. The number of likely N-dealkylation sites (tertiary alicyclic amines) is 1. The summed E-state index contributed by atoms with van der Waals surface area (Å²) in [5, 5.41) is 9.03. The molecule has 1 aliphatic heterocycles. The predicted molar refractivity (Wildman–Crippen MR) is 120 cm³/mol. The molecule has 9 heteroatoms. The zero-order valence-electron chi connectivity index (χ0n) is 17.2. The topological polar surface area (TPSA) is 79.6 Å². The largest absolute Gasteiger partial charge is 0.335 e. The van der Waals surface area contributed by atoms with Crippen molar-refractivity contribution in [2.75, 3.05) is 11.9 Å². The molecule has 2 unspecified atom stereocenters. The Morgan fingerprint density at radius 2 is 1.94 bits per heavy atom. The third-order valence-corrected chi connectivity index (χ3v) is 6.55. The van der Waals surface area contributed by atoms with E-state index in [0.717, 1.165) is 16.8 Å². The SMILES string of the molecule is CC(c1ccccc1)N1CC(C(=O)Nc2nc3scc(-c4ccc(F)cc4)n3n2)CC1=O. The number of carbonyl (C=O) groups excluding carboxylic acids is 2. The van der Waals surface area contributed by atoms with E-state index in [-0.39, 0.29) is 36.0 Å². The summed E-state index contributed by atoms with van der Waals surface area (Å²) in [6.07, 6.45) is 0.159. The maximum Gasteiger partial charge on any atom is 0.250 e. The monoisotopic (exact) mass is 449 g/mol. The highest BCUT2D eigenvalue weighted by molar-refractivity contribution is 7.15. The van der Waals surface area contributed by atoms with Crippen molar-refractivity contribution in [2.24, 2.45) is 5.92 Å².